The third-order valence-corrected chi connectivity index (χ3v) is 4.11. The van der Waals surface area contributed by atoms with Gasteiger partial charge >= 0.3 is 17.8 Å². The highest BCUT2D eigenvalue weighted by atomic mass is 16.8. The Labute approximate surface area is 107 Å². The van der Waals surface area contributed by atoms with Gasteiger partial charge in [-0.15, -0.1) is 5.10 Å². The van der Waals surface area contributed by atoms with Crippen LogP contribution in [-0.4, -0.2) is 56.0 Å². The second-order valence-electron chi connectivity index (χ2n) is 5.04. The standard InChI is InChI=1S/C10H11N5O4/c1-14-7(11-12-13-14)6-5-2-3-15(4-5)10(6)18-8(16)9(17)19-10/h5-6H,2-4H2,1H3. The molecule has 1 aromatic heterocycles. The molecule has 1 spiro atoms. The highest BCUT2D eigenvalue weighted by Gasteiger charge is 2.68. The lowest BCUT2D eigenvalue weighted by Crippen LogP contribution is -2.51. The van der Waals surface area contributed by atoms with Crippen LogP contribution in [0, 0.1) is 5.92 Å². The number of piperidine rings is 1. The van der Waals surface area contributed by atoms with Crippen molar-refractivity contribution < 1.29 is 19.1 Å². The molecule has 19 heavy (non-hydrogen) atoms. The van der Waals surface area contributed by atoms with Crippen molar-refractivity contribution in [3.63, 3.8) is 0 Å². The first-order chi connectivity index (χ1) is 9.12. The first-order valence-corrected chi connectivity index (χ1v) is 6.05. The molecule has 3 saturated heterocycles. The van der Waals surface area contributed by atoms with Gasteiger partial charge in [0.15, 0.2) is 5.82 Å². The number of aromatic nitrogens is 4. The van der Waals surface area contributed by atoms with Crippen LogP contribution in [0.2, 0.25) is 0 Å². The van der Waals surface area contributed by atoms with Crippen molar-refractivity contribution in [2.24, 2.45) is 13.0 Å². The fraction of sp³-hybridized carbons (Fsp3) is 0.700. The molecule has 3 aliphatic rings. The zero-order chi connectivity index (χ0) is 13.2. The number of esters is 2. The fourth-order valence-electron chi connectivity index (χ4n) is 3.34. The van der Waals surface area contributed by atoms with Gasteiger partial charge in [-0.25, -0.2) is 19.2 Å². The lowest BCUT2D eigenvalue weighted by molar-refractivity contribution is -0.249. The summed E-state index contributed by atoms with van der Waals surface area (Å²) in [7, 11) is 1.71. The van der Waals surface area contributed by atoms with Gasteiger partial charge in [-0.1, -0.05) is 0 Å². The van der Waals surface area contributed by atoms with Crippen molar-refractivity contribution in [1.82, 2.24) is 25.1 Å². The third-order valence-electron chi connectivity index (χ3n) is 4.11. The highest BCUT2D eigenvalue weighted by molar-refractivity contribution is 6.31. The van der Waals surface area contributed by atoms with Crippen LogP contribution in [0.25, 0.3) is 0 Å². The molecule has 0 radical (unpaired) electrons. The number of carbonyl (C=O) groups excluding carboxylic acids is 2. The van der Waals surface area contributed by atoms with E-state index in [1.165, 1.54) is 4.68 Å². The summed E-state index contributed by atoms with van der Waals surface area (Å²) in [6, 6.07) is 0. The van der Waals surface area contributed by atoms with E-state index in [2.05, 4.69) is 15.5 Å². The summed E-state index contributed by atoms with van der Waals surface area (Å²) in [6.07, 6.45) is 0.939. The van der Waals surface area contributed by atoms with E-state index in [9.17, 15) is 9.59 Å². The van der Waals surface area contributed by atoms with Crippen molar-refractivity contribution in [3.8, 4) is 0 Å². The minimum absolute atomic E-state index is 0.211. The van der Waals surface area contributed by atoms with Gasteiger partial charge in [-0.3, -0.25) is 0 Å². The maximum Gasteiger partial charge on any atom is 0.421 e. The molecule has 3 atom stereocenters. The number of hydrogen-bond donors (Lipinski definition) is 0. The largest absolute Gasteiger partial charge is 0.421 e. The van der Waals surface area contributed by atoms with Gasteiger partial charge in [-0.2, -0.15) is 0 Å². The molecule has 0 aliphatic carbocycles. The number of ether oxygens (including phenoxy) is 2. The predicted octanol–water partition coefficient (Wildman–Crippen LogP) is -1.62. The molecule has 0 saturated carbocycles. The predicted molar refractivity (Wildman–Crippen MR) is 56.1 cm³/mol. The van der Waals surface area contributed by atoms with Crippen LogP contribution in [-0.2, 0) is 26.1 Å². The normalized spacial score (nSPS) is 34.9. The van der Waals surface area contributed by atoms with Crippen molar-refractivity contribution in [2.75, 3.05) is 13.1 Å². The van der Waals surface area contributed by atoms with E-state index in [-0.39, 0.29) is 11.8 Å². The molecule has 0 N–H and O–H groups in total. The molecule has 4 heterocycles. The van der Waals surface area contributed by atoms with Gasteiger partial charge in [0.1, 0.15) is 5.92 Å². The Morgan fingerprint density at radius 2 is 2.05 bits per heavy atom. The summed E-state index contributed by atoms with van der Waals surface area (Å²) >= 11 is 0. The van der Waals surface area contributed by atoms with Gasteiger partial charge in [0.2, 0.25) is 0 Å². The monoisotopic (exact) mass is 265 g/mol. The van der Waals surface area contributed by atoms with Crippen molar-refractivity contribution in [1.29, 1.82) is 0 Å². The lowest BCUT2D eigenvalue weighted by atomic mass is 9.88. The fourth-order valence-corrected chi connectivity index (χ4v) is 3.34. The van der Waals surface area contributed by atoms with E-state index in [0.717, 1.165) is 13.0 Å². The summed E-state index contributed by atoms with van der Waals surface area (Å²) in [5.41, 5.74) is 0. The van der Waals surface area contributed by atoms with E-state index >= 15 is 0 Å². The van der Waals surface area contributed by atoms with E-state index in [4.69, 9.17) is 9.47 Å². The Morgan fingerprint density at radius 3 is 2.68 bits per heavy atom. The van der Waals surface area contributed by atoms with E-state index in [1.54, 1.807) is 7.05 Å². The Bertz CT molecular complexity index is 568. The van der Waals surface area contributed by atoms with Gasteiger partial charge in [-0.05, 0) is 22.8 Å². The van der Waals surface area contributed by atoms with Crippen molar-refractivity contribution >= 4 is 11.9 Å². The van der Waals surface area contributed by atoms with Crippen LogP contribution in [0.3, 0.4) is 0 Å². The molecule has 3 unspecified atom stereocenters. The molecule has 1 aromatic rings. The summed E-state index contributed by atoms with van der Waals surface area (Å²) in [4.78, 5) is 24.7. The van der Waals surface area contributed by atoms with Gasteiger partial charge in [0, 0.05) is 20.1 Å². The molecule has 2 bridgehead atoms. The number of nitrogens with zero attached hydrogens (tertiary/aromatic N) is 5. The van der Waals surface area contributed by atoms with Crippen LogP contribution >= 0.6 is 0 Å². The molecule has 0 amide bonds. The maximum atomic E-state index is 11.4. The average molecular weight is 265 g/mol. The lowest BCUT2D eigenvalue weighted by Gasteiger charge is -2.36. The van der Waals surface area contributed by atoms with Gasteiger partial charge < -0.3 is 9.47 Å². The Balaban J connectivity index is 1.83. The van der Waals surface area contributed by atoms with Crippen LogP contribution in [0.4, 0.5) is 0 Å². The van der Waals surface area contributed by atoms with Crippen LogP contribution in [0.15, 0.2) is 0 Å². The zero-order valence-corrected chi connectivity index (χ0v) is 10.1. The topological polar surface area (TPSA) is 99.4 Å². The van der Waals surface area contributed by atoms with Crippen LogP contribution in [0.1, 0.15) is 18.2 Å². The second kappa shape index (κ2) is 3.29. The van der Waals surface area contributed by atoms with Gasteiger partial charge in [0.25, 0.3) is 0 Å². The minimum Gasteiger partial charge on any atom is -0.399 e. The molecule has 3 fully saturated rings. The zero-order valence-electron chi connectivity index (χ0n) is 10.1. The Kier molecular flexibility index (Phi) is 1.88. The van der Waals surface area contributed by atoms with E-state index in [1.807, 2.05) is 4.90 Å². The molecule has 9 heteroatoms. The Morgan fingerprint density at radius 1 is 1.32 bits per heavy atom. The van der Waals surface area contributed by atoms with Gasteiger partial charge in [0.05, 0.1) is 0 Å². The second-order valence-corrected chi connectivity index (χ2v) is 5.04. The SMILES string of the molecule is Cn1nnnc1C1C2CCN(C2)C12OC(=O)C(=O)O2. The summed E-state index contributed by atoms with van der Waals surface area (Å²) in [5, 5.41) is 11.4. The smallest absolute Gasteiger partial charge is 0.399 e. The molecule has 9 nitrogen and oxygen atoms in total. The summed E-state index contributed by atoms with van der Waals surface area (Å²) < 4.78 is 12.0. The maximum absolute atomic E-state index is 11.4. The van der Waals surface area contributed by atoms with E-state index in [0.29, 0.717) is 12.4 Å². The highest BCUT2D eigenvalue weighted by Crippen LogP contribution is 2.53. The summed E-state index contributed by atoms with van der Waals surface area (Å²) in [5.74, 6) is -2.81. The quantitative estimate of drug-likeness (QED) is 0.441. The number of rotatable bonds is 1. The number of fused-ring (bicyclic) bond motifs is 3. The minimum atomic E-state index is -1.35. The van der Waals surface area contributed by atoms with Crippen molar-refractivity contribution in [3.05, 3.63) is 5.82 Å². The molecular weight excluding hydrogens is 254 g/mol. The van der Waals surface area contributed by atoms with Crippen LogP contribution < -0.4 is 0 Å². The number of carbonyl (C=O) groups is 2. The van der Waals surface area contributed by atoms with Crippen molar-refractivity contribution in [2.45, 2.75) is 18.2 Å². The third kappa shape index (κ3) is 1.20. The first kappa shape index (κ1) is 10.9. The molecule has 4 rings (SSSR count). The average Bonchev–Trinajstić information content (AvgIpc) is 3.08. The first-order valence-electron chi connectivity index (χ1n) is 6.05. The summed E-state index contributed by atoms with van der Waals surface area (Å²) in [6.45, 7) is 1.44. The molecule has 100 valence electrons. The van der Waals surface area contributed by atoms with E-state index < -0.39 is 17.8 Å². The van der Waals surface area contributed by atoms with Crippen LogP contribution in [0.5, 0.6) is 0 Å². The molecule has 0 aromatic carbocycles. The Hall–Kier alpha value is -2.03. The number of aryl methyl sites for hydroxylation is 1. The number of tetrazole rings is 1. The molecule has 3 aliphatic heterocycles. The molecular formula is C10H11N5O4. The number of hydrogen-bond acceptors (Lipinski definition) is 8.